The van der Waals surface area contributed by atoms with E-state index in [0.29, 0.717) is 13.0 Å². The maximum absolute atomic E-state index is 11.6. The molecular formula is C16H22N4O4S. The van der Waals surface area contributed by atoms with Crippen molar-refractivity contribution in [2.75, 3.05) is 13.1 Å². The average Bonchev–Trinajstić information content (AvgIpc) is 3.26. The Bertz CT molecular complexity index is 612. The molecule has 0 atom stereocenters. The molecule has 1 aliphatic rings. The second-order valence-corrected chi connectivity index (χ2v) is 6.80. The van der Waals surface area contributed by atoms with Crippen LogP contribution in [0.25, 0.3) is 0 Å². The lowest BCUT2D eigenvalue weighted by Crippen LogP contribution is -2.49. The maximum Gasteiger partial charge on any atom is 0.321 e. The number of thiophene rings is 1. The van der Waals surface area contributed by atoms with Gasteiger partial charge in [-0.25, -0.2) is 4.79 Å². The highest BCUT2D eigenvalue weighted by Gasteiger charge is 2.19. The first-order chi connectivity index (χ1) is 12.0. The summed E-state index contributed by atoms with van der Waals surface area (Å²) in [4.78, 5) is 47.5. The van der Waals surface area contributed by atoms with E-state index in [-0.39, 0.29) is 6.04 Å². The lowest BCUT2D eigenvalue weighted by atomic mass is 10.2. The Morgan fingerprint density at radius 2 is 1.80 bits per heavy atom. The van der Waals surface area contributed by atoms with E-state index in [1.807, 2.05) is 17.5 Å². The van der Waals surface area contributed by atoms with Gasteiger partial charge in [0, 0.05) is 17.5 Å². The van der Waals surface area contributed by atoms with Crippen LogP contribution in [0.2, 0.25) is 0 Å². The number of imide groups is 1. The average molecular weight is 366 g/mol. The van der Waals surface area contributed by atoms with Gasteiger partial charge >= 0.3 is 17.8 Å². The lowest BCUT2D eigenvalue weighted by molar-refractivity contribution is -0.139. The molecule has 0 spiro atoms. The van der Waals surface area contributed by atoms with Gasteiger partial charge in [-0.2, -0.15) is 0 Å². The predicted octanol–water partition coefficient (Wildman–Crippen LogP) is 0.291. The summed E-state index contributed by atoms with van der Waals surface area (Å²) >= 11 is 1.57. The number of urea groups is 1. The zero-order valence-electron chi connectivity index (χ0n) is 13.8. The van der Waals surface area contributed by atoms with E-state index in [1.54, 1.807) is 11.3 Å². The van der Waals surface area contributed by atoms with Crippen LogP contribution >= 0.6 is 11.3 Å². The van der Waals surface area contributed by atoms with Gasteiger partial charge in [0.15, 0.2) is 0 Å². The Morgan fingerprint density at radius 1 is 1.08 bits per heavy atom. The molecule has 0 aliphatic heterocycles. The predicted molar refractivity (Wildman–Crippen MR) is 93.0 cm³/mol. The standard InChI is InChI=1S/C16H22N4O4S/c21-13(20-16(24)19-11-4-1-2-5-11)10-18-15(23)14(22)17-8-7-12-6-3-9-25-12/h3,6,9,11H,1-2,4-5,7-8,10H2,(H,17,22)(H,18,23)(H2,19,20,21,24). The van der Waals surface area contributed by atoms with Crippen LogP contribution in [0, 0.1) is 0 Å². The molecule has 1 saturated carbocycles. The second-order valence-electron chi connectivity index (χ2n) is 5.77. The number of carbonyl (C=O) groups is 4. The molecule has 0 aromatic carbocycles. The fraction of sp³-hybridized carbons (Fsp3) is 0.500. The molecule has 0 unspecified atom stereocenters. The molecule has 1 aliphatic carbocycles. The minimum atomic E-state index is -0.905. The third kappa shape index (κ3) is 6.92. The smallest absolute Gasteiger partial charge is 0.321 e. The van der Waals surface area contributed by atoms with Gasteiger partial charge in [-0.15, -0.1) is 11.3 Å². The molecule has 0 radical (unpaired) electrons. The summed E-state index contributed by atoms with van der Waals surface area (Å²) in [6.07, 6.45) is 4.58. The molecule has 1 aromatic heterocycles. The summed E-state index contributed by atoms with van der Waals surface area (Å²) in [5.41, 5.74) is 0. The summed E-state index contributed by atoms with van der Waals surface area (Å²) in [6, 6.07) is 3.37. The van der Waals surface area contributed by atoms with Crippen LogP contribution in [0.4, 0.5) is 4.79 Å². The van der Waals surface area contributed by atoms with Crippen molar-refractivity contribution in [3.05, 3.63) is 22.4 Å². The Hall–Kier alpha value is -2.42. The molecule has 136 valence electrons. The van der Waals surface area contributed by atoms with Crippen molar-refractivity contribution in [2.45, 2.75) is 38.1 Å². The summed E-state index contributed by atoms with van der Waals surface area (Å²) in [5, 5.41) is 11.4. The molecule has 1 aromatic rings. The number of hydrogen-bond donors (Lipinski definition) is 4. The Kier molecular flexibility index (Phi) is 7.39. The summed E-state index contributed by atoms with van der Waals surface area (Å²) < 4.78 is 0. The topological polar surface area (TPSA) is 116 Å². The molecule has 2 rings (SSSR count). The van der Waals surface area contributed by atoms with Crippen LogP contribution in [-0.4, -0.2) is 42.9 Å². The first kappa shape index (κ1) is 18.9. The minimum Gasteiger partial charge on any atom is -0.347 e. The van der Waals surface area contributed by atoms with Crippen molar-refractivity contribution >= 4 is 35.1 Å². The van der Waals surface area contributed by atoms with Crippen LogP contribution in [-0.2, 0) is 20.8 Å². The van der Waals surface area contributed by atoms with Gasteiger partial charge in [0.05, 0.1) is 6.54 Å². The molecule has 9 heteroatoms. The lowest BCUT2D eigenvalue weighted by Gasteiger charge is -2.12. The van der Waals surface area contributed by atoms with Gasteiger partial charge in [-0.3, -0.25) is 19.7 Å². The van der Waals surface area contributed by atoms with Gasteiger partial charge in [0.25, 0.3) is 0 Å². The van der Waals surface area contributed by atoms with Crippen LogP contribution in [0.15, 0.2) is 17.5 Å². The monoisotopic (exact) mass is 366 g/mol. The van der Waals surface area contributed by atoms with E-state index in [9.17, 15) is 19.2 Å². The van der Waals surface area contributed by atoms with Crippen LogP contribution in [0.5, 0.6) is 0 Å². The molecule has 1 heterocycles. The van der Waals surface area contributed by atoms with E-state index >= 15 is 0 Å². The molecule has 5 amide bonds. The zero-order chi connectivity index (χ0) is 18.1. The van der Waals surface area contributed by atoms with Crippen molar-refractivity contribution in [3.63, 3.8) is 0 Å². The van der Waals surface area contributed by atoms with Crippen molar-refractivity contribution in [3.8, 4) is 0 Å². The van der Waals surface area contributed by atoms with E-state index in [4.69, 9.17) is 0 Å². The molecule has 0 bridgehead atoms. The van der Waals surface area contributed by atoms with E-state index in [0.717, 1.165) is 30.6 Å². The Balaban J connectivity index is 1.58. The number of hydrogen-bond acceptors (Lipinski definition) is 5. The second kappa shape index (κ2) is 9.77. The van der Waals surface area contributed by atoms with Gasteiger partial charge in [0.1, 0.15) is 0 Å². The normalized spacial score (nSPS) is 13.9. The first-order valence-electron chi connectivity index (χ1n) is 8.23. The highest BCUT2D eigenvalue weighted by Crippen LogP contribution is 2.17. The molecule has 8 nitrogen and oxygen atoms in total. The molecular weight excluding hydrogens is 344 g/mol. The van der Waals surface area contributed by atoms with Gasteiger partial charge < -0.3 is 16.0 Å². The van der Waals surface area contributed by atoms with Crippen molar-refractivity contribution in [1.29, 1.82) is 0 Å². The van der Waals surface area contributed by atoms with Crippen LogP contribution in [0.1, 0.15) is 30.6 Å². The highest BCUT2D eigenvalue weighted by atomic mass is 32.1. The number of rotatable bonds is 6. The molecule has 1 fully saturated rings. The minimum absolute atomic E-state index is 0.0940. The third-order valence-corrected chi connectivity index (χ3v) is 4.73. The largest absolute Gasteiger partial charge is 0.347 e. The Labute approximate surface area is 149 Å². The third-order valence-electron chi connectivity index (χ3n) is 3.80. The van der Waals surface area contributed by atoms with E-state index < -0.39 is 30.3 Å². The quantitative estimate of drug-likeness (QED) is 0.542. The summed E-state index contributed by atoms with van der Waals surface area (Å²) in [6.45, 7) is -0.0992. The van der Waals surface area contributed by atoms with E-state index in [2.05, 4.69) is 21.3 Å². The van der Waals surface area contributed by atoms with Crippen LogP contribution < -0.4 is 21.3 Å². The van der Waals surface area contributed by atoms with Crippen LogP contribution in [0.3, 0.4) is 0 Å². The first-order valence-corrected chi connectivity index (χ1v) is 9.11. The molecule has 25 heavy (non-hydrogen) atoms. The van der Waals surface area contributed by atoms with Gasteiger partial charge in [0.2, 0.25) is 5.91 Å². The molecule has 4 N–H and O–H groups in total. The maximum atomic E-state index is 11.6. The van der Waals surface area contributed by atoms with Crippen molar-refractivity contribution < 1.29 is 19.2 Å². The fourth-order valence-corrected chi connectivity index (χ4v) is 3.25. The number of carbonyl (C=O) groups excluding carboxylic acids is 4. The van der Waals surface area contributed by atoms with Crippen molar-refractivity contribution in [1.82, 2.24) is 21.3 Å². The van der Waals surface area contributed by atoms with E-state index in [1.165, 1.54) is 0 Å². The van der Waals surface area contributed by atoms with Crippen molar-refractivity contribution in [2.24, 2.45) is 0 Å². The SMILES string of the molecule is O=C(CNC(=O)C(=O)NCCc1cccs1)NC(=O)NC1CCCC1. The number of nitrogens with one attached hydrogen (secondary N) is 4. The highest BCUT2D eigenvalue weighted by molar-refractivity contribution is 7.09. The summed E-state index contributed by atoms with van der Waals surface area (Å²) in [7, 11) is 0. The molecule has 0 saturated heterocycles. The fourth-order valence-electron chi connectivity index (χ4n) is 2.54. The number of amides is 5. The zero-order valence-corrected chi connectivity index (χ0v) is 14.6. The van der Waals surface area contributed by atoms with Gasteiger partial charge in [-0.05, 0) is 30.7 Å². The van der Waals surface area contributed by atoms with Gasteiger partial charge in [-0.1, -0.05) is 18.9 Å². The summed E-state index contributed by atoms with van der Waals surface area (Å²) in [5.74, 6) is -2.38. The Morgan fingerprint density at radius 3 is 2.48 bits per heavy atom.